The van der Waals surface area contributed by atoms with Gasteiger partial charge in [-0.1, -0.05) is 48.0 Å². The molecule has 2 saturated heterocycles. The summed E-state index contributed by atoms with van der Waals surface area (Å²) >= 11 is 6.16. The van der Waals surface area contributed by atoms with Gasteiger partial charge in [0.1, 0.15) is 0 Å². The first-order valence-electron chi connectivity index (χ1n) is 11.7. The van der Waals surface area contributed by atoms with Gasteiger partial charge in [0, 0.05) is 18.1 Å². The summed E-state index contributed by atoms with van der Waals surface area (Å²) in [6, 6.07) is 13.6. The molecule has 0 saturated carbocycles. The first-order valence-corrected chi connectivity index (χ1v) is 13.6. The normalized spacial score (nSPS) is 25.8. The highest BCUT2D eigenvalue weighted by molar-refractivity contribution is 7.89. The molecular formula is C25H31ClN2O6S. The quantitative estimate of drug-likeness (QED) is 0.604. The maximum Gasteiger partial charge on any atom is 0.243 e. The molecule has 10 heteroatoms. The number of fused-ring (bicyclic) bond motifs is 1. The van der Waals surface area contributed by atoms with Gasteiger partial charge in [0.2, 0.25) is 15.9 Å². The van der Waals surface area contributed by atoms with Gasteiger partial charge in [-0.3, -0.25) is 4.79 Å². The summed E-state index contributed by atoms with van der Waals surface area (Å²) in [7, 11) is -3.87. The number of β-amino-alcohol motifs (C(OH)–C–C–N with tert-alkyl or cyclic N) is 1. The summed E-state index contributed by atoms with van der Waals surface area (Å²) in [5.41, 5.74) is 1.47. The Morgan fingerprint density at radius 2 is 1.89 bits per heavy atom. The van der Waals surface area contributed by atoms with Gasteiger partial charge in [-0.15, -0.1) is 0 Å². The number of aryl methyl sites for hydroxylation is 1. The van der Waals surface area contributed by atoms with Crippen molar-refractivity contribution in [1.29, 1.82) is 0 Å². The SMILES string of the molecule is Cc1ccccc1S(=O)(=O)N1C[C@H](O)COC[C@H]2O[C@@H](CC(=O)NCc3ccccc3Cl)CC[C@@H]21. The molecule has 0 unspecified atom stereocenters. The third-order valence-corrected chi connectivity index (χ3v) is 8.88. The summed E-state index contributed by atoms with van der Waals surface area (Å²) in [6.07, 6.45) is -0.691. The molecule has 190 valence electrons. The van der Waals surface area contributed by atoms with Gasteiger partial charge in [-0.2, -0.15) is 4.31 Å². The van der Waals surface area contributed by atoms with Crippen LogP contribution in [0.3, 0.4) is 0 Å². The lowest BCUT2D eigenvalue weighted by molar-refractivity contribution is -0.146. The zero-order valence-corrected chi connectivity index (χ0v) is 21.2. The molecule has 4 rings (SSSR count). The number of amides is 1. The fraction of sp³-hybridized carbons (Fsp3) is 0.480. The molecule has 8 nitrogen and oxygen atoms in total. The smallest absolute Gasteiger partial charge is 0.243 e. The van der Waals surface area contributed by atoms with E-state index in [0.29, 0.717) is 30.0 Å². The molecule has 4 atom stereocenters. The lowest BCUT2D eigenvalue weighted by atomic mass is 9.96. The molecule has 2 fully saturated rings. The molecule has 1 amide bonds. The number of aliphatic hydroxyl groups is 1. The maximum absolute atomic E-state index is 13.6. The Kier molecular flexibility index (Phi) is 8.46. The second-order valence-electron chi connectivity index (χ2n) is 9.05. The fourth-order valence-corrected chi connectivity index (χ4v) is 6.80. The third-order valence-electron chi connectivity index (χ3n) is 6.46. The van der Waals surface area contributed by atoms with Crippen LogP contribution in [0.4, 0.5) is 0 Å². The fourth-order valence-electron chi connectivity index (χ4n) is 4.66. The van der Waals surface area contributed by atoms with Crippen LogP contribution in [-0.2, 0) is 30.8 Å². The van der Waals surface area contributed by atoms with Crippen LogP contribution < -0.4 is 5.32 Å². The van der Waals surface area contributed by atoms with Crippen molar-refractivity contribution in [2.45, 2.75) is 62.0 Å². The number of nitrogens with zero attached hydrogens (tertiary/aromatic N) is 1. The molecule has 0 aromatic heterocycles. The summed E-state index contributed by atoms with van der Waals surface area (Å²) < 4.78 is 40.4. The van der Waals surface area contributed by atoms with Crippen molar-refractivity contribution < 1.29 is 27.8 Å². The Labute approximate surface area is 211 Å². The van der Waals surface area contributed by atoms with E-state index in [-0.39, 0.29) is 43.1 Å². The van der Waals surface area contributed by atoms with Gasteiger partial charge >= 0.3 is 0 Å². The standard InChI is InChI=1S/C25H31ClN2O6S/c1-17-6-2-5-9-24(17)35(31,32)28-14-19(29)15-33-16-23-22(28)11-10-20(34-23)12-25(30)27-13-18-7-3-4-8-21(18)26/h2-9,19-20,22-23,29H,10-16H2,1H3,(H,27,30)/t19-,20+,22-,23+/m0/s1. The van der Waals surface area contributed by atoms with E-state index < -0.39 is 28.3 Å². The number of ether oxygens (including phenoxy) is 2. The van der Waals surface area contributed by atoms with Gasteiger partial charge in [-0.05, 0) is 43.0 Å². The van der Waals surface area contributed by atoms with Crippen molar-refractivity contribution in [3.63, 3.8) is 0 Å². The molecule has 0 radical (unpaired) electrons. The number of sulfonamides is 1. The van der Waals surface area contributed by atoms with E-state index in [9.17, 15) is 18.3 Å². The summed E-state index contributed by atoms with van der Waals surface area (Å²) in [6.45, 7) is 2.14. The second-order valence-corrected chi connectivity index (χ2v) is 11.3. The molecular weight excluding hydrogens is 492 g/mol. The van der Waals surface area contributed by atoms with Crippen molar-refractivity contribution in [3.05, 3.63) is 64.7 Å². The number of hydrogen-bond donors (Lipinski definition) is 2. The van der Waals surface area contributed by atoms with Gasteiger partial charge < -0.3 is 19.9 Å². The van der Waals surface area contributed by atoms with Gasteiger partial charge in [0.25, 0.3) is 0 Å². The van der Waals surface area contributed by atoms with Gasteiger partial charge in [-0.25, -0.2) is 8.42 Å². The molecule has 2 aromatic carbocycles. The molecule has 35 heavy (non-hydrogen) atoms. The minimum absolute atomic E-state index is 0.00929. The number of carbonyl (C=O) groups is 1. The van der Waals surface area contributed by atoms with E-state index >= 15 is 0 Å². The number of aliphatic hydroxyl groups excluding tert-OH is 1. The van der Waals surface area contributed by atoms with E-state index in [2.05, 4.69) is 5.32 Å². The van der Waals surface area contributed by atoms with Crippen LogP contribution in [0.2, 0.25) is 5.02 Å². The molecule has 0 bridgehead atoms. The zero-order chi connectivity index (χ0) is 25.0. The Morgan fingerprint density at radius 1 is 1.14 bits per heavy atom. The molecule has 0 aliphatic carbocycles. The van der Waals surface area contributed by atoms with Gasteiger partial charge in [0.05, 0.1) is 48.9 Å². The van der Waals surface area contributed by atoms with Crippen LogP contribution in [0.5, 0.6) is 0 Å². The van der Waals surface area contributed by atoms with E-state index in [0.717, 1.165) is 5.56 Å². The summed E-state index contributed by atoms with van der Waals surface area (Å²) in [4.78, 5) is 12.8. The zero-order valence-electron chi connectivity index (χ0n) is 19.6. The van der Waals surface area contributed by atoms with Crippen molar-refractivity contribution >= 4 is 27.5 Å². The maximum atomic E-state index is 13.6. The molecule has 0 spiro atoms. The molecule has 2 heterocycles. The topological polar surface area (TPSA) is 105 Å². The largest absolute Gasteiger partial charge is 0.389 e. The minimum atomic E-state index is -3.87. The van der Waals surface area contributed by atoms with Gasteiger partial charge in [0.15, 0.2) is 0 Å². The number of rotatable bonds is 6. The average Bonchev–Trinajstić information content (AvgIpc) is 2.81. The van der Waals surface area contributed by atoms with E-state index in [1.54, 1.807) is 37.3 Å². The van der Waals surface area contributed by atoms with Crippen LogP contribution in [0.1, 0.15) is 30.4 Å². The monoisotopic (exact) mass is 522 g/mol. The highest BCUT2D eigenvalue weighted by Crippen LogP contribution is 2.32. The molecule has 2 aliphatic rings. The predicted octanol–water partition coefficient (Wildman–Crippen LogP) is 2.65. The Bertz CT molecular complexity index is 1140. The number of halogens is 1. The van der Waals surface area contributed by atoms with Crippen LogP contribution in [0.15, 0.2) is 53.4 Å². The van der Waals surface area contributed by atoms with Crippen LogP contribution in [-0.4, -0.2) is 67.8 Å². The van der Waals surface area contributed by atoms with Crippen molar-refractivity contribution in [2.75, 3.05) is 19.8 Å². The summed E-state index contributed by atoms with van der Waals surface area (Å²) in [5.74, 6) is -0.167. The Balaban J connectivity index is 1.44. The van der Waals surface area contributed by atoms with Crippen LogP contribution in [0.25, 0.3) is 0 Å². The van der Waals surface area contributed by atoms with Crippen molar-refractivity contribution in [1.82, 2.24) is 9.62 Å². The molecule has 2 aromatic rings. The van der Waals surface area contributed by atoms with E-state index in [4.69, 9.17) is 21.1 Å². The van der Waals surface area contributed by atoms with Crippen molar-refractivity contribution in [3.8, 4) is 0 Å². The first-order chi connectivity index (χ1) is 16.8. The summed E-state index contributed by atoms with van der Waals surface area (Å²) in [5, 5.41) is 13.8. The molecule has 2 aliphatic heterocycles. The number of benzene rings is 2. The molecule has 2 N–H and O–H groups in total. The van der Waals surface area contributed by atoms with E-state index in [1.807, 2.05) is 18.2 Å². The average molecular weight is 523 g/mol. The number of carbonyl (C=O) groups excluding carboxylic acids is 1. The number of hydrogen-bond acceptors (Lipinski definition) is 6. The second kappa shape index (κ2) is 11.4. The Morgan fingerprint density at radius 3 is 2.66 bits per heavy atom. The van der Waals surface area contributed by atoms with Crippen LogP contribution >= 0.6 is 11.6 Å². The third kappa shape index (κ3) is 6.22. The Hall–Kier alpha value is -2.01. The van der Waals surface area contributed by atoms with Crippen molar-refractivity contribution in [2.24, 2.45) is 0 Å². The highest BCUT2D eigenvalue weighted by atomic mass is 35.5. The van der Waals surface area contributed by atoms with Crippen LogP contribution in [0, 0.1) is 6.92 Å². The minimum Gasteiger partial charge on any atom is -0.389 e. The number of nitrogens with one attached hydrogen (secondary N) is 1. The van der Waals surface area contributed by atoms with E-state index in [1.165, 1.54) is 4.31 Å². The first kappa shape index (κ1) is 26.1. The highest BCUT2D eigenvalue weighted by Gasteiger charge is 2.43. The lowest BCUT2D eigenvalue weighted by Crippen LogP contribution is -2.57. The lowest BCUT2D eigenvalue weighted by Gasteiger charge is -2.43. The predicted molar refractivity (Wildman–Crippen MR) is 131 cm³/mol.